The molecule has 0 saturated carbocycles. The van der Waals surface area contributed by atoms with E-state index in [1.54, 1.807) is 0 Å². The van der Waals surface area contributed by atoms with Crippen molar-refractivity contribution in [2.75, 3.05) is 13.1 Å². The van der Waals surface area contributed by atoms with Gasteiger partial charge in [0.05, 0.1) is 6.10 Å². The predicted octanol–water partition coefficient (Wildman–Crippen LogP) is 4.15. The molecule has 2 nitrogen and oxygen atoms in total. The Morgan fingerprint density at radius 1 is 1.19 bits per heavy atom. The third kappa shape index (κ3) is 4.51. The number of rotatable bonds is 4. The second kappa shape index (κ2) is 7.21. The van der Waals surface area contributed by atoms with Gasteiger partial charge >= 0.3 is 0 Å². The van der Waals surface area contributed by atoms with E-state index >= 15 is 0 Å². The van der Waals surface area contributed by atoms with Crippen molar-refractivity contribution in [2.24, 2.45) is 0 Å². The monoisotopic (exact) mass is 357 g/mol. The molecule has 1 aliphatic rings. The molecule has 0 radical (unpaired) electrons. The fourth-order valence-corrected chi connectivity index (χ4v) is 3.57. The van der Waals surface area contributed by atoms with Crippen LogP contribution in [0.15, 0.2) is 22.7 Å². The molecule has 1 unspecified atom stereocenters. The minimum absolute atomic E-state index is 0.265. The first-order valence-corrected chi connectivity index (χ1v) is 8.57. The van der Waals surface area contributed by atoms with Crippen molar-refractivity contribution < 1.29 is 9.50 Å². The van der Waals surface area contributed by atoms with Crippen LogP contribution in [0, 0.1) is 5.82 Å². The van der Waals surface area contributed by atoms with Gasteiger partial charge in [-0.05, 0) is 63.5 Å². The largest absolute Gasteiger partial charge is 0.391 e. The van der Waals surface area contributed by atoms with E-state index in [1.165, 1.54) is 37.8 Å². The van der Waals surface area contributed by atoms with Gasteiger partial charge in [0.1, 0.15) is 5.82 Å². The fourth-order valence-electron chi connectivity index (χ4n) is 3.06. The Kier molecular flexibility index (Phi) is 5.81. The Labute approximate surface area is 135 Å². The summed E-state index contributed by atoms with van der Waals surface area (Å²) in [6.45, 7) is 6.27. The number of benzene rings is 1. The molecule has 1 heterocycles. The molecule has 1 aromatic carbocycles. The van der Waals surface area contributed by atoms with Crippen molar-refractivity contribution in [1.29, 1.82) is 0 Å². The predicted molar refractivity (Wildman–Crippen MR) is 87.9 cm³/mol. The van der Waals surface area contributed by atoms with Gasteiger partial charge in [-0.15, -0.1) is 0 Å². The first kappa shape index (κ1) is 16.9. The molecule has 0 spiro atoms. The van der Waals surface area contributed by atoms with Crippen LogP contribution >= 0.6 is 15.9 Å². The molecule has 1 N–H and O–H groups in total. The van der Waals surface area contributed by atoms with Crippen LogP contribution in [-0.2, 0) is 6.42 Å². The van der Waals surface area contributed by atoms with Gasteiger partial charge in [0.25, 0.3) is 0 Å². The summed E-state index contributed by atoms with van der Waals surface area (Å²) in [6.07, 6.45) is 4.91. The zero-order valence-electron chi connectivity index (χ0n) is 12.9. The lowest BCUT2D eigenvalue weighted by Gasteiger charge is -2.41. The molecule has 0 aromatic heterocycles. The van der Waals surface area contributed by atoms with Crippen molar-refractivity contribution in [3.63, 3.8) is 0 Å². The minimum Gasteiger partial charge on any atom is -0.391 e. The highest BCUT2D eigenvalue weighted by Gasteiger charge is 2.34. The molecule has 4 heteroatoms. The highest BCUT2D eigenvalue weighted by atomic mass is 79.9. The van der Waals surface area contributed by atoms with Crippen LogP contribution in [0.5, 0.6) is 0 Å². The maximum Gasteiger partial charge on any atom is 0.124 e. The summed E-state index contributed by atoms with van der Waals surface area (Å²) < 4.78 is 14.2. The van der Waals surface area contributed by atoms with Gasteiger partial charge in [-0.2, -0.15) is 0 Å². The van der Waals surface area contributed by atoms with Crippen LogP contribution in [-0.4, -0.2) is 34.7 Å². The van der Waals surface area contributed by atoms with Crippen LogP contribution in [0.4, 0.5) is 4.39 Å². The van der Waals surface area contributed by atoms with Gasteiger partial charge in [-0.25, -0.2) is 4.39 Å². The number of halogens is 2. The summed E-state index contributed by atoms with van der Waals surface area (Å²) >= 11 is 3.31. The van der Waals surface area contributed by atoms with E-state index in [1.807, 2.05) is 6.07 Å². The van der Waals surface area contributed by atoms with E-state index in [0.29, 0.717) is 6.42 Å². The zero-order chi connectivity index (χ0) is 15.5. The smallest absolute Gasteiger partial charge is 0.124 e. The number of nitrogens with zero attached hydrogens (tertiary/aromatic N) is 1. The molecule has 2 rings (SSSR count). The van der Waals surface area contributed by atoms with Gasteiger partial charge < -0.3 is 5.11 Å². The average Bonchev–Trinajstić information content (AvgIpc) is 2.66. The molecule has 0 aliphatic carbocycles. The lowest BCUT2D eigenvalue weighted by Crippen LogP contribution is -2.53. The van der Waals surface area contributed by atoms with Gasteiger partial charge in [-0.3, -0.25) is 4.90 Å². The first-order chi connectivity index (χ1) is 9.89. The number of hydrogen-bond donors (Lipinski definition) is 1. The van der Waals surface area contributed by atoms with E-state index < -0.39 is 6.10 Å². The van der Waals surface area contributed by atoms with Gasteiger partial charge in [0.2, 0.25) is 0 Å². The summed E-state index contributed by atoms with van der Waals surface area (Å²) in [5.41, 5.74) is 0.542. The Morgan fingerprint density at radius 2 is 1.81 bits per heavy atom. The quantitative estimate of drug-likeness (QED) is 0.874. The average molecular weight is 358 g/mol. The van der Waals surface area contributed by atoms with Crippen LogP contribution < -0.4 is 0 Å². The summed E-state index contributed by atoms with van der Waals surface area (Å²) in [6, 6.07) is 4.83. The van der Waals surface area contributed by atoms with Gasteiger partial charge in [0.15, 0.2) is 0 Å². The van der Waals surface area contributed by atoms with Crippen molar-refractivity contribution in [3.05, 3.63) is 34.1 Å². The van der Waals surface area contributed by atoms with E-state index in [4.69, 9.17) is 0 Å². The van der Waals surface area contributed by atoms with E-state index in [-0.39, 0.29) is 11.4 Å². The Bertz CT molecular complexity index is 450. The van der Waals surface area contributed by atoms with Crippen molar-refractivity contribution in [2.45, 2.75) is 57.6 Å². The molecule has 0 bridgehead atoms. The molecule has 21 heavy (non-hydrogen) atoms. The molecule has 1 aliphatic heterocycles. The lowest BCUT2D eigenvalue weighted by molar-refractivity contribution is -0.00789. The van der Waals surface area contributed by atoms with Crippen molar-refractivity contribution in [1.82, 2.24) is 4.90 Å². The molecule has 1 atom stereocenters. The maximum absolute atomic E-state index is 13.5. The standard InChI is InChI=1S/C17H25BrFNO/c1-17(2,20-7-5-3-4-6-8-20)16(21)11-13-9-14(18)12-15(19)10-13/h9-10,12,16,21H,3-8,11H2,1-2H3. The third-order valence-electron chi connectivity index (χ3n) is 4.59. The summed E-state index contributed by atoms with van der Waals surface area (Å²) in [4.78, 5) is 2.39. The topological polar surface area (TPSA) is 23.5 Å². The molecular formula is C17H25BrFNO. The van der Waals surface area contributed by atoms with E-state index in [9.17, 15) is 9.50 Å². The number of aliphatic hydroxyl groups is 1. The molecule has 1 fully saturated rings. The minimum atomic E-state index is -0.510. The van der Waals surface area contributed by atoms with Crippen LogP contribution in [0.1, 0.15) is 45.1 Å². The normalized spacial score (nSPS) is 19.3. The van der Waals surface area contributed by atoms with Crippen molar-refractivity contribution >= 4 is 15.9 Å². The third-order valence-corrected chi connectivity index (χ3v) is 5.05. The molecule has 1 aromatic rings. The molecular weight excluding hydrogens is 333 g/mol. The SMILES string of the molecule is CC(C)(C(O)Cc1cc(F)cc(Br)c1)N1CCCCCC1. The molecule has 0 amide bonds. The number of likely N-dealkylation sites (tertiary alicyclic amines) is 1. The zero-order valence-corrected chi connectivity index (χ0v) is 14.5. The second-order valence-corrected chi connectivity index (χ2v) is 7.47. The highest BCUT2D eigenvalue weighted by Crippen LogP contribution is 2.26. The summed E-state index contributed by atoms with van der Waals surface area (Å²) in [5, 5.41) is 10.7. The Balaban J connectivity index is 2.07. The highest BCUT2D eigenvalue weighted by molar-refractivity contribution is 9.10. The fraction of sp³-hybridized carbons (Fsp3) is 0.647. The number of hydrogen-bond acceptors (Lipinski definition) is 2. The van der Waals surface area contributed by atoms with Gasteiger partial charge in [0, 0.05) is 16.4 Å². The van der Waals surface area contributed by atoms with Gasteiger partial charge in [-0.1, -0.05) is 28.8 Å². The Hall–Kier alpha value is -0.450. The second-order valence-electron chi connectivity index (χ2n) is 6.55. The maximum atomic E-state index is 13.5. The Morgan fingerprint density at radius 3 is 2.38 bits per heavy atom. The van der Waals surface area contributed by atoms with Crippen LogP contribution in [0.25, 0.3) is 0 Å². The molecule has 1 saturated heterocycles. The van der Waals surface area contributed by atoms with Crippen LogP contribution in [0.3, 0.4) is 0 Å². The summed E-state index contributed by atoms with van der Waals surface area (Å²) in [7, 11) is 0. The lowest BCUT2D eigenvalue weighted by atomic mass is 9.89. The van der Waals surface area contributed by atoms with E-state index in [2.05, 4.69) is 34.7 Å². The first-order valence-electron chi connectivity index (χ1n) is 7.77. The van der Waals surface area contributed by atoms with E-state index in [0.717, 1.165) is 23.1 Å². The summed E-state index contributed by atoms with van der Waals surface area (Å²) in [5.74, 6) is -0.265. The van der Waals surface area contributed by atoms with Crippen LogP contribution in [0.2, 0.25) is 0 Å². The van der Waals surface area contributed by atoms with Crippen molar-refractivity contribution in [3.8, 4) is 0 Å². The molecule has 118 valence electrons. The number of aliphatic hydroxyl groups excluding tert-OH is 1.